The molecule has 4 heterocycles. The normalized spacial score (nSPS) is 13.7. The highest BCUT2D eigenvalue weighted by atomic mass is 19.4. The van der Waals surface area contributed by atoms with Crippen molar-refractivity contribution in [1.82, 2.24) is 24.4 Å². The number of fused-ring (bicyclic) bond motifs is 1. The molecule has 12 nitrogen and oxygen atoms in total. The van der Waals surface area contributed by atoms with Crippen molar-refractivity contribution in [2.45, 2.75) is 32.5 Å². The standard InChI is InChI=1S/C26H26F3N7O5/c1-3-40-25(38)35-11-17(12-35)23-33-24(34-41-23)31-18-6-4-15(2)19(8-18)32-22(37)20-9-30-21-7-5-16(10-36(20)21)13-39-14-26(27,28)29/h4-10,17H,3,11-14H2,1-2H3,(H,31,34)(H,32,37). The van der Waals surface area contributed by atoms with Crippen LogP contribution in [0.5, 0.6) is 0 Å². The van der Waals surface area contributed by atoms with Crippen molar-refractivity contribution in [1.29, 1.82) is 0 Å². The fourth-order valence-electron chi connectivity index (χ4n) is 4.16. The van der Waals surface area contributed by atoms with Crippen molar-refractivity contribution in [3.63, 3.8) is 0 Å². The van der Waals surface area contributed by atoms with E-state index in [1.54, 1.807) is 42.2 Å². The van der Waals surface area contributed by atoms with Gasteiger partial charge in [0.15, 0.2) is 0 Å². The number of hydrogen-bond acceptors (Lipinski definition) is 9. The van der Waals surface area contributed by atoms with Crippen LogP contribution < -0.4 is 10.6 Å². The molecule has 0 spiro atoms. The quantitative estimate of drug-likeness (QED) is 0.293. The predicted octanol–water partition coefficient (Wildman–Crippen LogP) is 4.66. The molecule has 0 aliphatic carbocycles. The molecule has 2 N–H and O–H groups in total. The summed E-state index contributed by atoms with van der Waals surface area (Å²) >= 11 is 0. The third-order valence-electron chi connectivity index (χ3n) is 6.27. The van der Waals surface area contributed by atoms with Crippen LogP contribution in [-0.2, 0) is 16.1 Å². The SMILES string of the molecule is CCOC(=O)N1CC(c2nc(Nc3ccc(C)c(NC(=O)c4cnc5ccc(COCC(F)(F)F)cn45)c3)no2)C1. The molecule has 0 unspecified atom stereocenters. The van der Waals surface area contributed by atoms with Crippen molar-refractivity contribution in [2.75, 3.05) is 36.9 Å². The Kier molecular flexibility index (Phi) is 7.79. The summed E-state index contributed by atoms with van der Waals surface area (Å²) < 4.78 is 53.7. The number of amides is 2. The van der Waals surface area contributed by atoms with Crippen LogP contribution in [0.1, 0.15) is 40.3 Å². The Labute approximate surface area is 231 Å². The Morgan fingerprint density at radius 3 is 2.76 bits per heavy atom. The monoisotopic (exact) mass is 573 g/mol. The molecular formula is C26H26F3N7O5. The predicted molar refractivity (Wildman–Crippen MR) is 139 cm³/mol. The summed E-state index contributed by atoms with van der Waals surface area (Å²) in [6.07, 6.45) is -1.91. The van der Waals surface area contributed by atoms with Crippen molar-refractivity contribution in [3.8, 4) is 0 Å². The molecule has 0 bridgehead atoms. The summed E-state index contributed by atoms with van der Waals surface area (Å²) in [7, 11) is 0. The number of anilines is 3. The number of nitrogens with zero attached hydrogens (tertiary/aromatic N) is 5. The van der Waals surface area contributed by atoms with E-state index in [9.17, 15) is 22.8 Å². The van der Waals surface area contributed by atoms with E-state index in [1.165, 1.54) is 16.8 Å². The maximum atomic E-state index is 13.2. The molecule has 41 heavy (non-hydrogen) atoms. The Morgan fingerprint density at radius 1 is 1.20 bits per heavy atom. The van der Waals surface area contributed by atoms with Gasteiger partial charge >= 0.3 is 12.3 Å². The summed E-state index contributed by atoms with van der Waals surface area (Å²) in [6, 6.07) is 8.47. The van der Waals surface area contributed by atoms with E-state index >= 15 is 0 Å². The van der Waals surface area contributed by atoms with Gasteiger partial charge in [-0.25, -0.2) is 9.78 Å². The highest BCUT2D eigenvalue weighted by molar-refractivity contribution is 6.04. The molecule has 0 atom stereocenters. The Morgan fingerprint density at radius 2 is 2.00 bits per heavy atom. The summed E-state index contributed by atoms with van der Waals surface area (Å²) in [5.41, 5.74) is 2.96. The number of alkyl halides is 3. The third-order valence-corrected chi connectivity index (χ3v) is 6.27. The van der Waals surface area contributed by atoms with Crippen LogP contribution in [0.3, 0.4) is 0 Å². The van der Waals surface area contributed by atoms with Gasteiger partial charge in [0, 0.05) is 30.7 Å². The number of carbonyl (C=O) groups excluding carboxylic acids is 2. The molecule has 2 amide bonds. The van der Waals surface area contributed by atoms with E-state index in [1.807, 2.05) is 6.92 Å². The summed E-state index contributed by atoms with van der Waals surface area (Å²) in [6.45, 7) is 3.07. The fraction of sp³-hybridized carbons (Fsp3) is 0.346. The average molecular weight is 574 g/mol. The Balaban J connectivity index is 1.23. The second kappa shape index (κ2) is 11.4. The molecule has 1 aliphatic heterocycles. The second-order valence-corrected chi connectivity index (χ2v) is 9.38. The first-order valence-corrected chi connectivity index (χ1v) is 12.6. The maximum Gasteiger partial charge on any atom is 0.411 e. The molecule has 216 valence electrons. The van der Waals surface area contributed by atoms with Gasteiger partial charge in [-0.3, -0.25) is 9.20 Å². The summed E-state index contributed by atoms with van der Waals surface area (Å²) in [5.74, 6) is 0.0591. The van der Waals surface area contributed by atoms with Gasteiger partial charge in [-0.05, 0) is 48.3 Å². The van der Waals surface area contributed by atoms with Crippen LogP contribution in [0.25, 0.3) is 5.65 Å². The number of benzene rings is 1. The number of ether oxygens (including phenoxy) is 2. The Hall–Kier alpha value is -4.66. The van der Waals surface area contributed by atoms with Gasteiger partial charge in [0.05, 0.1) is 25.3 Å². The zero-order valence-corrected chi connectivity index (χ0v) is 22.1. The maximum absolute atomic E-state index is 13.2. The van der Waals surface area contributed by atoms with Crippen molar-refractivity contribution >= 4 is 35.0 Å². The van der Waals surface area contributed by atoms with Crippen molar-refractivity contribution in [3.05, 3.63) is 65.4 Å². The molecule has 4 aromatic rings. The molecule has 3 aromatic heterocycles. The van der Waals surface area contributed by atoms with Gasteiger partial charge in [0.2, 0.25) is 5.89 Å². The first-order valence-electron chi connectivity index (χ1n) is 12.6. The molecule has 0 radical (unpaired) electrons. The van der Waals surface area contributed by atoms with Gasteiger partial charge in [-0.1, -0.05) is 12.1 Å². The molecule has 1 aromatic carbocycles. The smallest absolute Gasteiger partial charge is 0.411 e. The van der Waals surface area contributed by atoms with E-state index in [2.05, 4.69) is 25.8 Å². The van der Waals surface area contributed by atoms with Crippen LogP contribution in [-0.4, -0.2) is 68.9 Å². The van der Waals surface area contributed by atoms with Crippen molar-refractivity contribution in [2.24, 2.45) is 0 Å². The van der Waals surface area contributed by atoms with Gasteiger partial charge in [-0.2, -0.15) is 18.2 Å². The van der Waals surface area contributed by atoms with Gasteiger partial charge < -0.3 is 29.5 Å². The van der Waals surface area contributed by atoms with Crippen LogP contribution in [0.4, 0.5) is 35.3 Å². The minimum absolute atomic E-state index is 0.0856. The zero-order valence-electron chi connectivity index (χ0n) is 22.1. The van der Waals surface area contributed by atoms with Gasteiger partial charge in [0.25, 0.3) is 11.9 Å². The molecular weight excluding hydrogens is 547 g/mol. The average Bonchev–Trinajstić information content (AvgIpc) is 3.51. The number of imidazole rings is 1. The fourth-order valence-corrected chi connectivity index (χ4v) is 4.16. The first-order chi connectivity index (χ1) is 19.6. The highest BCUT2D eigenvalue weighted by Crippen LogP contribution is 2.28. The van der Waals surface area contributed by atoms with Crippen LogP contribution in [0.15, 0.2) is 47.2 Å². The number of halogens is 3. The summed E-state index contributed by atoms with van der Waals surface area (Å²) in [5, 5.41) is 9.84. The van der Waals surface area contributed by atoms with E-state index in [-0.39, 0.29) is 30.3 Å². The van der Waals surface area contributed by atoms with Crippen LogP contribution in [0, 0.1) is 6.92 Å². The zero-order chi connectivity index (χ0) is 29.1. The number of pyridine rings is 1. The van der Waals surface area contributed by atoms with Crippen LogP contribution >= 0.6 is 0 Å². The molecule has 0 saturated carbocycles. The number of likely N-dealkylation sites (tertiary alicyclic amines) is 1. The van der Waals surface area contributed by atoms with E-state index < -0.39 is 18.7 Å². The minimum atomic E-state index is -4.43. The first kappa shape index (κ1) is 27.9. The number of aryl methyl sites for hydroxylation is 1. The molecule has 1 fully saturated rings. The van der Waals surface area contributed by atoms with Gasteiger partial charge in [0.1, 0.15) is 17.9 Å². The second-order valence-electron chi connectivity index (χ2n) is 9.38. The van der Waals surface area contributed by atoms with Crippen LogP contribution in [0.2, 0.25) is 0 Å². The lowest BCUT2D eigenvalue weighted by Crippen LogP contribution is -2.48. The minimum Gasteiger partial charge on any atom is -0.450 e. The largest absolute Gasteiger partial charge is 0.450 e. The van der Waals surface area contributed by atoms with Crippen molar-refractivity contribution < 1.29 is 36.8 Å². The molecule has 1 aliphatic rings. The van der Waals surface area contributed by atoms with E-state index in [4.69, 9.17) is 14.0 Å². The number of rotatable bonds is 9. The third kappa shape index (κ3) is 6.57. The number of hydrogen-bond donors (Lipinski definition) is 2. The van der Waals surface area contributed by atoms with E-state index in [0.29, 0.717) is 48.2 Å². The molecule has 5 rings (SSSR count). The lowest BCUT2D eigenvalue weighted by atomic mass is 10.0. The molecule has 1 saturated heterocycles. The highest BCUT2D eigenvalue weighted by Gasteiger charge is 2.36. The number of carbonyl (C=O) groups is 2. The number of aromatic nitrogens is 4. The molecule has 15 heteroatoms. The Bertz CT molecular complexity index is 1560. The number of nitrogens with one attached hydrogen (secondary N) is 2. The van der Waals surface area contributed by atoms with Gasteiger partial charge in [-0.15, -0.1) is 0 Å². The lowest BCUT2D eigenvalue weighted by Gasteiger charge is -2.35. The topological polar surface area (TPSA) is 136 Å². The lowest BCUT2D eigenvalue weighted by molar-refractivity contribution is -0.176. The summed E-state index contributed by atoms with van der Waals surface area (Å²) in [4.78, 5) is 35.0. The van der Waals surface area contributed by atoms with E-state index in [0.717, 1.165) is 5.56 Å².